The van der Waals surface area contributed by atoms with E-state index in [1.807, 2.05) is 0 Å². The average molecular weight is 299 g/mol. The molecule has 0 aromatic rings. The van der Waals surface area contributed by atoms with Crippen LogP contribution in [0.15, 0.2) is 0 Å². The van der Waals surface area contributed by atoms with Crippen molar-refractivity contribution in [2.24, 2.45) is 5.73 Å². The molecule has 2 aliphatic rings. The van der Waals surface area contributed by atoms with Crippen LogP contribution >= 0.6 is 0 Å². The van der Waals surface area contributed by atoms with Crippen molar-refractivity contribution in [3.8, 4) is 0 Å². The SMILES string of the molecule is CCN1CCOC(C)(CC2COC(CN)CN2C(C)C)C1. The Bertz CT molecular complexity index is 327. The second-order valence-electron chi connectivity index (χ2n) is 7.01. The molecule has 2 fully saturated rings. The Labute approximate surface area is 129 Å². The van der Waals surface area contributed by atoms with Crippen molar-refractivity contribution in [1.82, 2.24) is 9.80 Å². The zero-order valence-corrected chi connectivity index (χ0v) is 14.2. The van der Waals surface area contributed by atoms with E-state index in [1.165, 1.54) is 0 Å². The van der Waals surface area contributed by atoms with Gasteiger partial charge in [0.25, 0.3) is 0 Å². The molecule has 0 bridgehead atoms. The highest BCUT2D eigenvalue weighted by Gasteiger charge is 2.38. The van der Waals surface area contributed by atoms with Gasteiger partial charge in [-0.05, 0) is 33.7 Å². The minimum absolute atomic E-state index is 0.0645. The second kappa shape index (κ2) is 7.38. The first-order valence-corrected chi connectivity index (χ1v) is 8.41. The van der Waals surface area contributed by atoms with Gasteiger partial charge in [0, 0.05) is 38.3 Å². The lowest BCUT2D eigenvalue weighted by Gasteiger charge is -2.47. The zero-order valence-electron chi connectivity index (χ0n) is 14.2. The van der Waals surface area contributed by atoms with Crippen LogP contribution in [-0.2, 0) is 9.47 Å². The number of rotatable bonds is 5. The fourth-order valence-electron chi connectivity index (χ4n) is 3.64. The third kappa shape index (κ3) is 4.39. The quantitative estimate of drug-likeness (QED) is 0.818. The molecule has 2 aliphatic heterocycles. The Morgan fingerprint density at radius 1 is 1.38 bits per heavy atom. The Morgan fingerprint density at radius 2 is 2.14 bits per heavy atom. The summed E-state index contributed by atoms with van der Waals surface area (Å²) >= 11 is 0. The highest BCUT2D eigenvalue weighted by atomic mass is 16.5. The predicted octanol–water partition coefficient (Wildman–Crippen LogP) is 0.924. The minimum atomic E-state index is -0.0645. The van der Waals surface area contributed by atoms with E-state index in [2.05, 4.69) is 37.5 Å². The summed E-state index contributed by atoms with van der Waals surface area (Å²) in [5.74, 6) is 0. The van der Waals surface area contributed by atoms with Gasteiger partial charge in [0.15, 0.2) is 0 Å². The molecule has 0 saturated carbocycles. The molecule has 3 unspecified atom stereocenters. The van der Waals surface area contributed by atoms with Crippen molar-refractivity contribution in [3.63, 3.8) is 0 Å². The van der Waals surface area contributed by atoms with Crippen LogP contribution in [0.1, 0.15) is 34.1 Å². The lowest BCUT2D eigenvalue weighted by Crippen LogP contribution is -2.59. The van der Waals surface area contributed by atoms with Crippen molar-refractivity contribution >= 4 is 0 Å². The van der Waals surface area contributed by atoms with Crippen LogP contribution in [0.2, 0.25) is 0 Å². The molecular formula is C16H33N3O2. The molecule has 3 atom stereocenters. The largest absolute Gasteiger partial charge is 0.374 e. The Kier molecular flexibility index (Phi) is 6.03. The fourth-order valence-corrected chi connectivity index (χ4v) is 3.64. The molecule has 124 valence electrons. The molecule has 2 saturated heterocycles. The van der Waals surface area contributed by atoms with Crippen LogP contribution in [0.5, 0.6) is 0 Å². The van der Waals surface area contributed by atoms with E-state index >= 15 is 0 Å². The van der Waals surface area contributed by atoms with Gasteiger partial charge in [-0.25, -0.2) is 0 Å². The number of morpholine rings is 2. The van der Waals surface area contributed by atoms with Crippen LogP contribution in [0.4, 0.5) is 0 Å². The van der Waals surface area contributed by atoms with E-state index in [4.69, 9.17) is 15.2 Å². The fraction of sp³-hybridized carbons (Fsp3) is 1.00. The van der Waals surface area contributed by atoms with Gasteiger partial charge in [-0.2, -0.15) is 0 Å². The summed E-state index contributed by atoms with van der Waals surface area (Å²) in [7, 11) is 0. The van der Waals surface area contributed by atoms with Crippen LogP contribution in [-0.4, -0.2) is 79.5 Å². The van der Waals surface area contributed by atoms with Gasteiger partial charge < -0.3 is 15.2 Å². The van der Waals surface area contributed by atoms with E-state index < -0.39 is 0 Å². The van der Waals surface area contributed by atoms with E-state index in [1.54, 1.807) is 0 Å². The molecular weight excluding hydrogens is 266 g/mol. The van der Waals surface area contributed by atoms with Crippen molar-refractivity contribution in [3.05, 3.63) is 0 Å². The summed E-state index contributed by atoms with van der Waals surface area (Å²) in [4.78, 5) is 5.02. The topological polar surface area (TPSA) is 51.0 Å². The van der Waals surface area contributed by atoms with E-state index in [0.29, 0.717) is 18.6 Å². The van der Waals surface area contributed by atoms with Gasteiger partial charge in [0.1, 0.15) is 0 Å². The van der Waals surface area contributed by atoms with Gasteiger partial charge >= 0.3 is 0 Å². The minimum Gasteiger partial charge on any atom is -0.374 e. The number of nitrogens with zero attached hydrogens (tertiary/aromatic N) is 2. The molecule has 2 heterocycles. The molecule has 21 heavy (non-hydrogen) atoms. The van der Waals surface area contributed by atoms with Crippen LogP contribution in [0.3, 0.4) is 0 Å². The number of hydrogen-bond donors (Lipinski definition) is 1. The maximum atomic E-state index is 6.13. The van der Waals surface area contributed by atoms with Crippen molar-refractivity contribution in [2.75, 3.05) is 45.9 Å². The zero-order chi connectivity index (χ0) is 15.5. The van der Waals surface area contributed by atoms with Crippen molar-refractivity contribution in [1.29, 1.82) is 0 Å². The maximum Gasteiger partial charge on any atom is 0.0824 e. The summed E-state index contributed by atoms with van der Waals surface area (Å²) in [5.41, 5.74) is 5.71. The van der Waals surface area contributed by atoms with E-state index in [0.717, 1.165) is 45.8 Å². The van der Waals surface area contributed by atoms with Crippen molar-refractivity contribution in [2.45, 2.75) is 57.9 Å². The first-order valence-electron chi connectivity index (χ1n) is 8.41. The standard InChI is InChI=1S/C16H33N3O2/c1-5-18-6-7-21-16(4,12-18)8-14-11-20-15(9-17)10-19(14)13(2)3/h13-15H,5-12,17H2,1-4H3. The van der Waals surface area contributed by atoms with E-state index in [-0.39, 0.29) is 11.7 Å². The third-order valence-corrected chi connectivity index (χ3v) is 4.86. The number of ether oxygens (including phenoxy) is 2. The molecule has 0 aliphatic carbocycles. The van der Waals surface area contributed by atoms with Crippen LogP contribution < -0.4 is 5.73 Å². The Balaban J connectivity index is 1.99. The number of nitrogens with two attached hydrogens (primary N) is 1. The summed E-state index contributed by atoms with van der Waals surface area (Å²) < 4.78 is 12.1. The maximum absolute atomic E-state index is 6.13. The van der Waals surface area contributed by atoms with E-state index in [9.17, 15) is 0 Å². The lowest BCUT2D eigenvalue weighted by molar-refractivity contribution is -0.136. The normalized spacial score (nSPS) is 36.3. The van der Waals surface area contributed by atoms with Crippen molar-refractivity contribution < 1.29 is 9.47 Å². The number of likely N-dealkylation sites (N-methyl/N-ethyl adjacent to an activating group) is 1. The first-order chi connectivity index (χ1) is 9.97. The molecule has 2 N–H and O–H groups in total. The summed E-state index contributed by atoms with van der Waals surface area (Å²) in [6, 6.07) is 0.942. The lowest BCUT2D eigenvalue weighted by atomic mass is 9.92. The summed E-state index contributed by atoms with van der Waals surface area (Å²) in [5, 5.41) is 0. The predicted molar refractivity (Wildman–Crippen MR) is 85.5 cm³/mol. The highest BCUT2D eigenvalue weighted by Crippen LogP contribution is 2.28. The number of hydrogen-bond acceptors (Lipinski definition) is 5. The van der Waals surface area contributed by atoms with Gasteiger partial charge in [-0.3, -0.25) is 9.80 Å². The molecule has 0 aromatic heterocycles. The molecule has 0 radical (unpaired) electrons. The van der Waals surface area contributed by atoms with Gasteiger partial charge in [-0.15, -0.1) is 0 Å². The smallest absolute Gasteiger partial charge is 0.0824 e. The molecule has 5 heteroatoms. The summed E-state index contributed by atoms with van der Waals surface area (Å²) in [6.07, 6.45) is 1.20. The van der Waals surface area contributed by atoms with Gasteiger partial charge in [0.05, 0.1) is 24.9 Å². The Morgan fingerprint density at radius 3 is 2.76 bits per heavy atom. The third-order valence-electron chi connectivity index (χ3n) is 4.86. The van der Waals surface area contributed by atoms with Crippen LogP contribution in [0, 0.1) is 0 Å². The molecule has 0 spiro atoms. The average Bonchev–Trinajstić information content (AvgIpc) is 2.47. The highest BCUT2D eigenvalue weighted by molar-refractivity contribution is 4.92. The van der Waals surface area contributed by atoms with Gasteiger partial charge in [0.2, 0.25) is 0 Å². The molecule has 0 amide bonds. The monoisotopic (exact) mass is 299 g/mol. The second-order valence-corrected chi connectivity index (χ2v) is 7.01. The molecule has 0 aromatic carbocycles. The summed E-state index contributed by atoms with van der Waals surface area (Å²) in [6.45, 7) is 15.3. The van der Waals surface area contributed by atoms with Crippen LogP contribution in [0.25, 0.3) is 0 Å². The molecule has 5 nitrogen and oxygen atoms in total. The van der Waals surface area contributed by atoms with Gasteiger partial charge in [-0.1, -0.05) is 6.92 Å². The molecule has 2 rings (SSSR count). The Hall–Kier alpha value is -0.200. The first kappa shape index (κ1) is 17.2.